The Kier molecular flexibility index (Phi) is 4.93. The van der Waals surface area contributed by atoms with E-state index >= 15 is 0 Å². The van der Waals surface area contributed by atoms with Gasteiger partial charge in [0, 0.05) is 18.9 Å². The summed E-state index contributed by atoms with van der Waals surface area (Å²) in [6.45, 7) is 12.1. The lowest BCUT2D eigenvalue weighted by molar-refractivity contribution is -0.140. The van der Waals surface area contributed by atoms with Crippen LogP contribution < -0.4 is 0 Å². The number of fused-ring (bicyclic) bond motifs is 3. The lowest BCUT2D eigenvalue weighted by atomic mass is 9.50. The molecule has 3 aliphatic rings. The summed E-state index contributed by atoms with van der Waals surface area (Å²) in [7, 11) is 0. The summed E-state index contributed by atoms with van der Waals surface area (Å²) in [6.07, 6.45) is 5.71. The minimum Gasteiger partial charge on any atom is -0.461 e. The predicted octanol–water partition coefficient (Wildman–Crippen LogP) is 3.83. The Morgan fingerprint density at radius 2 is 1.88 bits per heavy atom. The van der Waals surface area contributed by atoms with Crippen molar-refractivity contribution in [1.82, 2.24) is 0 Å². The van der Waals surface area contributed by atoms with Crippen LogP contribution in [0.3, 0.4) is 0 Å². The molecule has 0 bridgehead atoms. The standard InChI is InChI=1S/C22H32O4/c1-13(2)16-6-7-21(4)8-9-22(5)11-18(25)15(12-26-14(3)23)10-17(24)20(22)19(16)21/h10,16-17,19-20,24H,1,6-9,11-12H2,2-5H3. The highest BCUT2D eigenvalue weighted by molar-refractivity contribution is 5.96. The Balaban J connectivity index is 1.99. The van der Waals surface area contributed by atoms with Gasteiger partial charge in [0.25, 0.3) is 0 Å². The Hall–Kier alpha value is -1.42. The van der Waals surface area contributed by atoms with Gasteiger partial charge in [-0.3, -0.25) is 9.59 Å². The molecule has 6 unspecified atom stereocenters. The Morgan fingerprint density at radius 1 is 1.23 bits per heavy atom. The zero-order chi connectivity index (χ0) is 19.3. The van der Waals surface area contributed by atoms with E-state index in [4.69, 9.17) is 4.74 Å². The van der Waals surface area contributed by atoms with Crippen LogP contribution in [0.25, 0.3) is 0 Å². The molecule has 4 heteroatoms. The van der Waals surface area contributed by atoms with E-state index in [1.54, 1.807) is 6.08 Å². The minimum absolute atomic E-state index is 0.00350. The van der Waals surface area contributed by atoms with Crippen molar-refractivity contribution in [3.8, 4) is 0 Å². The average Bonchev–Trinajstić information content (AvgIpc) is 2.84. The van der Waals surface area contributed by atoms with Crippen molar-refractivity contribution >= 4 is 11.8 Å². The molecular weight excluding hydrogens is 328 g/mol. The lowest BCUT2D eigenvalue weighted by Crippen LogP contribution is -2.51. The third-order valence-electron chi connectivity index (χ3n) is 7.45. The SMILES string of the molecule is C=C(C)C1CCC2(C)CCC3(C)CC(=O)C(COC(C)=O)=CC(O)C3C12. The number of hydrogen-bond acceptors (Lipinski definition) is 4. The van der Waals surface area contributed by atoms with E-state index in [2.05, 4.69) is 27.4 Å². The van der Waals surface area contributed by atoms with E-state index in [0.29, 0.717) is 23.8 Å². The molecule has 0 aliphatic heterocycles. The number of aliphatic hydroxyl groups is 1. The van der Waals surface area contributed by atoms with E-state index in [-0.39, 0.29) is 29.1 Å². The minimum atomic E-state index is -0.693. The number of aliphatic hydroxyl groups excluding tert-OH is 1. The molecule has 0 radical (unpaired) electrons. The highest BCUT2D eigenvalue weighted by Crippen LogP contribution is 2.65. The molecular formula is C22H32O4. The number of carbonyl (C=O) groups excluding carboxylic acids is 2. The maximum atomic E-state index is 12.8. The second-order valence-electron chi connectivity index (χ2n) is 9.41. The summed E-state index contributed by atoms with van der Waals surface area (Å²) >= 11 is 0. The van der Waals surface area contributed by atoms with Gasteiger partial charge in [0.2, 0.25) is 0 Å². The molecule has 0 saturated heterocycles. The van der Waals surface area contributed by atoms with Crippen LogP contribution in [0.15, 0.2) is 23.8 Å². The largest absolute Gasteiger partial charge is 0.461 e. The molecule has 1 N–H and O–H groups in total. The third-order valence-corrected chi connectivity index (χ3v) is 7.45. The first-order valence-corrected chi connectivity index (χ1v) is 9.78. The summed E-state index contributed by atoms with van der Waals surface area (Å²) in [4.78, 5) is 24.0. The third kappa shape index (κ3) is 3.17. The summed E-state index contributed by atoms with van der Waals surface area (Å²) < 4.78 is 5.05. The smallest absolute Gasteiger partial charge is 0.302 e. The fraction of sp³-hybridized carbons (Fsp3) is 0.727. The van der Waals surface area contributed by atoms with E-state index < -0.39 is 12.1 Å². The first-order chi connectivity index (χ1) is 12.1. The van der Waals surface area contributed by atoms with Crippen LogP contribution in [0.2, 0.25) is 0 Å². The van der Waals surface area contributed by atoms with Crippen LogP contribution in [0.5, 0.6) is 0 Å². The van der Waals surface area contributed by atoms with Gasteiger partial charge >= 0.3 is 5.97 Å². The first-order valence-electron chi connectivity index (χ1n) is 9.78. The molecule has 2 saturated carbocycles. The summed E-state index contributed by atoms with van der Waals surface area (Å²) in [5.41, 5.74) is 1.60. The van der Waals surface area contributed by atoms with Crippen molar-refractivity contribution in [2.75, 3.05) is 6.61 Å². The lowest BCUT2D eigenvalue weighted by Gasteiger charge is -2.54. The van der Waals surface area contributed by atoms with Gasteiger partial charge in [-0.25, -0.2) is 0 Å². The highest BCUT2D eigenvalue weighted by atomic mass is 16.5. The van der Waals surface area contributed by atoms with E-state index in [0.717, 1.165) is 25.7 Å². The number of ether oxygens (including phenoxy) is 1. The maximum Gasteiger partial charge on any atom is 0.302 e. The molecule has 0 heterocycles. The van der Waals surface area contributed by atoms with Crippen molar-refractivity contribution in [2.24, 2.45) is 28.6 Å². The molecule has 0 aromatic carbocycles. The maximum absolute atomic E-state index is 12.8. The summed E-state index contributed by atoms with van der Waals surface area (Å²) in [5, 5.41) is 11.2. The molecule has 144 valence electrons. The second kappa shape index (κ2) is 6.63. The fourth-order valence-corrected chi connectivity index (χ4v) is 6.04. The van der Waals surface area contributed by atoms with Gasteiger partial charge in [-0.1, -0.05) is 26.0 Å². The number of ketones is 1. The van der Waals surface area contributed by atoms with Gasteiger partial charge in [-0.05, 0) is 67.3 Å². The van der Waals surface area contributed by atoms with Gasteiger partial charge in [-0.2, -0.15) is 0 Å². The molecule has 0 aromatic heterocycles. The van der Waals surface area contributed by atoms with Crippen LogP contribution in [-0.4, -0.2) is 29.6 Å². The number of rotatable bonds is 3. The predicted molar refractivity (Wildman–Crippen MR) is 100 cm³/mol. The van der Waals surface area contributed by atoms with Crippen LogP contribution in [0, 0.1) is 28.6 Å². The molecule has 0 amide bonds. The molecule has 2 fully saturated rings. The van der Waals surface area contributed by atoms with Crippen LogP contribution in [0.1, 0.15) is 59.8 Å². The van der Waals surface area contributed by atoms with Crippen LogP contribution >= 0.6 is 0 Å². The van der Waals surface area contributed by atoms with Crippen molar-refractivity contribution in [1.29, 1.82) is 0 Å². The fourth-order valence-electron chi connectivity index (χ4n) is 6.04. The molecule has 0 aromatic rings. The molecule has 3 aliphatic carbocycles. The first kappa shape index (κ1) is 19.3. The van der Waals surface area contributed by atoms with Crippen molar-refractivity contribution < 1.29 is 19.4 Å². The monoisotopic (exact) mass is 360 g/mol. The molecule has 3 rings (SSSR count). The van der Waals surface area contributed by atoms with Gasteiger partial charge in [-0.15, -0.1) is 0 Å². The van der Waals surface area contributed by atoms with Crippen molar-refractivity contribution in [3.63, 3.8) is 0 Å². The second-order valence-corrected chi connectivity index (χ2v) is 9.41. The molecule has 4 nitrogen and oxygen atoms in total. The summed E-state index contributed by atoms with van der Waals surface area (Å²) in [6, 6.07) is 0. The van der Waals surface area contributed by atoms with E-state index in [1.807, 2.05) is 0 Å². The molecule has 6 atom stereocenters. The topological polar surface area (TPSA) is 63.6 Å². The molecule has 26 heavy (non-hydrogen) atoms. The number of hydrogen-bond donors (Lipinski definition) is 1. The normalized spacial score (nSPS) is 42.3. The number of carbonyl (C=O) groups is 2. The highest BCUT2D eigenvalue weighted by Gasteiger charge is 2.59. The quantitative estimate of drug-likeness (QED) is 0.614. The zero-order valence-corrected chi connectivity index (χ0v) is 16.5. The number of allylic oxidation sites excluding steroid dienone is 1. The zero-order valence-electron chi connectivity index (χ0n) is 16.5. The number of esters is 1. The van der Waals surface area contributed by atoms with Gasteiger partial charge in [0.05, 0.1) is 6.10 Å². The number of Topliss-reactive ketones (excluding diaryl/α,β-unsaturated/α-hetero) is 1. The van der Waals surface area contributed by atoms with Crippen LogP contribution in [-0.2, 0) is 14.3 Å². The Morgan fingerprint density at radius 3 is 2.50 bits per heavy atom. The van der Waals surface area contributed by atoms with E-state index in [9.17, 15) is 14.7 Å². The Labute approximate surface area is 156 Å². The molecule has 0 spiro atoms. The van der Waals surface area contributed by atoms with E-state index in [1.165, 1.54) is 12.5 Å². The average molecular weight is 360 g/mol. The van der Waals surface area contributed by atoms with Crippen molar-refractivity contribution in [3.05, 3.63) is 23.8 Å². The van der Waals surface area contributed by atoms with Gasteiger partial charge in [0.15, 0.2) is 5.78 Å². The van der Waals surface area contributed by atoms with Gasteiger partial charge < -0.3 is 9.84 Å². The van der Waals surface area contributed by atoms with Gasteiger partial charge in [0.1, 0.15) is 6.61 Å². The van der Waals surface area contributed by atoms with Crippen LogP contribution in [0.4, 0.5) is 0 Å². The van der Waals surface area contributed by atoms with Crippen molar-refractivity contribution in [2.45, 2.75) is 65.9 Å². The Bertz CT molecular complexity index is 663. The summed E-state index contributed by atoms with van der Waals surface area (Å²) in [5.74, 6) is 0.364.